The smallest absolute Gasteiger partial charge is 0.253 e. The Kier molecular flexibility index (Phi) is 21.7. The number of amides is 4. The molecule has 82 heavy (non-hydrogen) atoms. The lowest BCUT2D eigenvalue weighted by atomic mass is 9.85. The molecule has 2 aromatic heterocycles. The fourth-order valence-corrected chi connectivity index (χ4v) is 12.3. The summed E-state index contributed by atoms with van der Waals surface area (Å²) in [6, 6.07) is 21.6. The Bertz CT molecular complexity index is 3020. The van der Waals surface area contributed by atoms with Crippen molar-refractivity contribution in [2.45, 2.75) is 125 Å². The van der Waals surface area contributed by atoms with E-state index in [1.54, 1.807) is 11.3 Å². The summed E-state index contributed by atoms with van der Waals surface area (Å²) in [5.41, 5.74) is 12.0. The molecule has 3 aromatic carbocycles. The third-order valence-corrected chi connectivity index (χ3v) is 17.1. The van der Waals surface area contributed by atoms with Crippen molar-refractivity contribution in [3.63, 3.8) is 0 Å². The van der Waals surface area contributed by atoms with E-state index in [0.717, 1.165) is 107 Å². The third kappa shape index (κ3) is 16.3. The zero-order valence-corrected chi connectivity index (χ0v) is 50.1. The number of ether oxygens (including phenoxy) is 2. The number of likely N-dealkylation sites (tertiary alicyclic amines) is 1. The van der Waals surface area contributed by atoms with Crippen LogP contribution in [0.25, 0.3) is 21.6 Å². The van der Waals surface area contributed by atoms with Crippen LogP contribution in [-0.2, 0) is 43.5 Å². The Balaban J connectivity index is 0.744. The molecule has 3 fully saturated rings. The van der Waals surface area contributed by atoms with Crippen LogP contribution in [0.5, 0.6) is 0 Å². The number of nitrogens with one attached hydrogen (secondary N) is 5. The van der Waals surface area contributed by atoms with Crippen LogP contribution in [0.15, 0.2) is 77.0 Å². The fraction of sp³-hybridized carbons (Fsp3) is 0.524. The highest BCUT2D eigenvalue weighted by molar-refractivity contribution is 7.13. The molecule has 0 aliphatic carbocycles. The summed E-state index contributed by atoms with van der Waals surface area (Å²) < 4.78 is 11.6. The molecular formula is C63H86N10O8S. The maximum atomic E-state index is 14.1. The van der Waals surface area contributed by atoms with E-state index in [2.05, 4.69) is 83.2 Å². The summed E-state index contributed by atoms with van der Waals surface area (Å²) in [7, 11) is 0. The molecule has 0 radical (unpaired) electrons. The highest BCUT2D eigenvalue weighted by Gasteiger charge is 2.44. The SMILES string of the molecule is CCN(c1cc(-c2ccc(CN3CCN(CC(=O)NCCCOCCN[C@H](C(=O)N4C[C@H](O)C[C@H]4C(=O)NCc4ccc(-c5scnc5C)cc4)C(C)(C)C)CC3)cc2)cc(C(=O)NCc2c(C)cc(C)[nH]c2=O)c1C)C1CCOCC1. The van der Waals surface area contributed by atoms with Crippen LogP contribution < -0.4 is 31.7 Å². The van der Waals surface area contributed by atoms with Gasteiger partial charge in [-0.05, 0) is 116 Å². The number of hydrogen-bond acceptors (Lipinski definition) is 14. The number of pyridine rings is 1. The molecule has 0 saturated carbocycles. The number of carbonyl (C=O) groups is 4. The number of aliphatic hydroxyl groups excluding tert-OH is 1. The first-order valence-electron chi connectivity index (χ1n) is 29.2. The van der Waals surface area contributed by atoms with E-state index in [0.29, 0.717) is 76.2 Å². The summed E-state index contributed by atoms with van der Waals surface area (Å²) in [6.07, 6.45) is 1.86. The average molecular weight is 1140 g/mol. The van der Waals surface area contributed by atoms with Gasteiger partial charge >= 0.3 is 0 Å². The van der Waals surface area contributed by atoms with Crippen molar-refractivity contribution in [2.75, 3.05) is 90.2 Å². The second-order valence-electron chi connectivity index (χ2n) is 23.3. The van der Waals surface area contributed by atoms with E-state index in [-0.39, 0.29) is 48.7 Å². The molecule has 8 rings (SSSR count). The van der Waals surface area contributed by atoms with Crippen molar-refractivity contribution < 1.29 is 33.8 Å². The molecule has 3 aliphatic rings. The molecule has 3 atom stereocenters. The quantitative estimate of drug-likeness (QED) is 0.0378. The molecule has 3 saturated heterocycles. The molecule has 6 N–H and O–H groups in total. The van der Waals surface area contributed by atoms with Gasteiger partial charge in [-0.25, -0.2) is 4.98 Å². The number of aliphatic hydroxyl groups is 1. The van der Waals surface area contributed by atoms with Gasteiger partial charge in [0.15, 0.2) is 0 Å². The van der Waals surface area contributed by atoms with Crippen molar-refractivity contribution in [2.24, 2.45) is 5.41 Å². The van der Waals surface area contributed by atoms with Crippen LogP contribution in [0.4, 0.5) is 5.69 Å². The van der Waals surface area contributed by atoms with Gasteiger partial charge in [0.05, 0.1) is 41.4 Å². The van der Waals surface area contributed by atoms with Crippen molar-refractivity contribution in [3.8, 4) is 21.6 Å². The van der Waals surface area contributed by atoms with E-state index < -0.39 is 23.6 Å². The Morgan fingerprint density at radius 1 is 0.854 bits per heavy atom. The number of anilines is 1. The topological polar surface area (TPSA) is 214 Å². The highest BCUT2D eigenvalue weighted by Crippen LogP contribution is 2.35. The second kappa shape index (κ2) is 28.8. The molecule has 5 heterocycles. The van der Waals surface area contributed by atoms with E-state index >= 15 is 0 Å². The number of piperazine rings is 1. The van der Waals surface area contributed by atoms with Crippen molar-refractivity contribution in [1.82, 2.24) is 45.9 Å². The third-order valence-electron chi connectivity index (χ3n) is 16.1. The monoisotopic (exact) mass is 1140 g/mol. The molecule has 0 spiro atoms. The first-order valence-corrected chi connectivity index (χ1v) is 30.1. The minimum absolute atomic E-state index is 0.0147. The number of H-pyrrole nitrogens is 1. The largest absolute Gasteiger partial charge is 0.391 e. The molecule has 4 amide bonds. The number of nitrogens with zero attached hydrogens (tertiary/aromatic N) is 5. The first kappa shape index (κ1) is 61.7. The van der Waals surface area contributed by atoms with E-state index in [1.807, 2.05) is 90.4 Å². The van der Waals surface area contributed by atoms with Crippen LogP contribution in [0.3, 0.4) is 0 Å². The van der Waals surface area contributed by atoms with Crippen molar-refractivity contribution in [1.29, 1.82) is 0 Å². The highest BCUT2D eigenvalue weighted by atomic mass is 32.1. The second-order valence-corrected chi connectivity index (χ2v) is 24.2. The van der Waals surface area contributed by atoms with E-state index in [4.69, 9.17) is 9.47 Å². The summed E-state index contributed by atoms with van der Waals surface area (Å²) in [6.45, 7) is 24.6. The number of aryl methyl sites for hydroxylation is 3. The zero-order valence-electron chi connectivity index (χ0n) is 49.3. The van der Waals surface area contributed by atoms with E-state index in [1.165, 1.54) is 10.5 Å². The number of benzene rings is 3. The lowest BCUT2D eigenvalue weighted by Gasteiger charge is -2.37. The van der Waals surface area contributed by atoms with Gasteiger partial charge in [0, 0.05) is 127 Å². The van der Waals surface area contributed by atoms with Gasteiger partial charge in [-0.1, -0.05) is 69.3 Å². The molecule has 442 valence electrons. The predicted molar refractivity (Wildman–Crippen MR) is 323 cm³/mol. The summed E-state index contributed by atoms with van der Waals surface area (Å²) >= 11 is 1.59. The van der Waals surface area contributed by atoms with Crippen LogP contribution in [0.1, 0.15) is 103 Å². The number of aromatic amines is 1. The Morgan fingerprint density at radius 2 is 1.55 bits per heavy atom. The number of carbonyl (C=O) groups excluding carboxylic acids is 4. The normalized spacial score (nSPS) is 17.6. The van der Waals surface area contributed by atoms with Crippen molar-refractivity contribution >= 4 is 40.7 Å². The first-order chi connectivity index (χ1) is 39.4. The minimum Gasteiger partial charge on any atom is -0.391 e. The summed E-state index contributed by atoms with van der Waals surface area (Å²) in [4.78, 5) is 84.2. The van der Waals surface area contributed by atoms with Crippen molar-refractivity contribution in [3.05, 3.63) is 127 Å². The van der Waals surface area contributed by atoms with Crippen LogP contribution >= 0.6 is 11.3 Å². The molecule has 0 unspecified atom stereocenters. The Labute approximate surface area is 487 Å². The number of hydrogen-bond donors (Lipinski definition) is 6. The lowest BCUT2D eigenvalue weighted by molar-refractivity contribution is -0.142. The average Bonchev–Trinajstić information content (AvgIpc) is 3.87. The number of aromatic nitrogens is 2. The zero-order chi connectivity index (χ0) is 58.5. The van der Waals surface area contributed by atoms with Crippen LogP contribution in [0, 0.1) is 33.1 Å². The van der Waals surface area contributed by atoms with Gasteiger partial charge in [-0.2, -0.15) is 0 Å². The van der Waals surface area contributed by atoms with Crippen LogP contribution in [-0.4, -0.2) is 163 Å². The number of rotatable bonds is 24. The van der Waals surface area contributed by atoms with Gasteiger partial charge in [0.1, 0.15) is 6.04 Å². The van der Waals surface area contributed by atoms with Gasteiger partial charge in [-0.15, -0.1) is 11.3 Å². The molecule has 19 heteroatoms. The summed E-state index contributed by atoms with van der Waals surface area (Å²) in [5, 5.41) is 23.1. The Morgan fingerprint density at radius 3 is 2.22 bits per heavy atom. The molecule has 18 nitrogen and oxygen atoms in total. The van der Waals surface area contributed by atoms with Gasteiger partial charge in [0.25, 0.3) is 11.5 Å². The van der Waals surface area contributed by atoms with Gasteiger partial charge in [-0.3, -0.25) is 33.8 Å². The molecule has 3 aliphatic heterocycles. The summed E-state index contributed by atoms with van der Waals surface area (Å²) in [5.74, 6) is -0.755. The number of thiazole rings is 1. The van der Waals surface area contributed by atoms with Crippen LogP contribution in [0.2, 0.25) is 0 Å². The molecular weight excluding hydrogens is 1060 g/mol. The standard InChI is InChI=1S/C63H86N10O8S/c1-9-72(50-19-28-81-29-20-50)54-33-49(32-52(43(54)4)59(76)67-36-53-41(2)31-42(3)69-60(53)77)47-15-13-46(14-16-47)37-70-23-25-71(26-24-70)39-56(75)64-21-10-27-80-30-22-65-58(63(6,7)8)62(79)73-38-51(74)34-55(73)61(78)66-35-45-11-17-48(18-12-45)57-44(5)68-40-82-57/h11-18,31-33,40,50-51,55,58,65,74H,9-10,19-30,34-39H2,1-8H3,(H,64,75)(H,66,78)(H,67,76)(H,69,77)/t51-,55+,58-/m1/s1. The maximum absolute atomic E-state index is 14.1. The molecule has 5 aromatic rings. The van der Waals surface area contributed by atoms with Gasteiger partial charge < -0.3 is 50.6 Å². The van der Waals surface area contributed by atoms with Gasteiger partial charge in [0.2, 0.25) is 17.7 Å². The minimum atomic E-state index is -0.794. The lowest BCUT2D eigenvalue weighted by Crippen LogP contribution is -2.57. The van der Waals surface area contributed by atoms with E-state index in [9.17, 15) is 29.1 Å². The number of β-amino-alcohol motifs (C(OH)–C–C–N with tert-alkyl or cyclic N) is 1. The maximum Gasteiger partial charge on any atom is 0.253 e. The predicted octanol–water partition coefficient (Wildman–Crippen LogP) is 6.26. The Hall–Kier alpha value is -6.32. The molecule has 0 bridgehead atoms. The fourth-order valence-electron chi connectivity index (χ4n) is 11.5.